The molecule has 27 heavy (non-hydrogen) atoms. The Labute approximate surface area is 157 Å². The molecule has 3 rings (SSSR count). The van der Waals surface area contributed by atoms with Gasteiger partial charge in [0, 0.05) is 24.2 Å². The molecule has 0 spiro atoms. The monoisotopic (exact) mass is 374 g/mol. The molecule has 0 saturated heterocycles. The van der Waals surface area contributed by atoms with E-state index in [1.54, 1.807) is 0 Å². The van der Waals surface area contributed by atoms with Crippen LogP contribution in [0.3, 0.4) is 0 Å². The number of oxime groups is 1. The molecule has 0 radical (unpaired) electrons. The maximum Gasteiger partial charge on any atom is 0.190 e. The van der Waals surface area contributed by atoms with Crippen LogP contribution >= 0.6 is 0 Å². The summed E-state index contributed by atoms with van der Waals surface area (Å²) in [6.45, 7) is 0. The SMILES string of the molecule is COc1c(F)cc(N/C(C[C@H]2CC[C@@H](c3ccccc3)CC2)=N\O)cc1F. The van der Waals surface area contributed by atoms with Crippen molar-refractivity contribution in [2.45, 2.75) is 38.0 Å². The predicted molar refractivity (Wildman–Crippen MR) is 102 cm³/mol. The minimum atomic E-state index is -0.805. The van der Waals surface area contributed by atoms with Crippen LogP contribution in [0, 0.1) is 17.6 Å². The third kappa shape index (κ3) is 4.76. The standard InChI is InChI=1S/C21H24F2N2O2/c1-27-21-18(22)12-17(13-19(21)23)24-20(25-26)11-14-7-9-16(10-8-14)15-5-3-2-4-6-15/h2-6,12-14,16,26H,7-11H2,1H3,(H,24,25)/t14-,16+. The normalized spacial score (nSPS) is 20.3. The number of nitrogens with zero attached hydrogens (tertiary/aromatic N) is 1. The van der Waals surface area contributed by atoms with Crippen molar-refractivity contribution in [2.24, 2.45) is 11.1 Å². The molecule has 4 nitrogen and oxygen atoms in total. The van der Waals surface area contributed by atoms with E-state index in [1.807, 2.05) is 6.07 Å². The first-order valence-corrected chi connectivity index (χ1v) is 9.16. The molecular weight excluding hydrogens is 350 g/mol. The Balaban J connectivity index is 1.57. The molecular formula is C21H24F2N2O2. The van der Waals surface area contributed by atoms with Crippen LogP contribution in [0.2, 0.25) is 0 Å². The average molecular weight is 374 g/mol. The van der Waals surface area contributed by atoms with Crippen molar-refractivity contribution >= 4 is 11.5 Å². The third-order valence-electron chi connectivity index (χ3n) is 5.21. The van der Waals surface area contributed by atoms with E-state index in [1.165, 1.54) is 12.7 Å². The molecule has 0 unspecified atom stereocenters. The van der Waals surface area contributed by atoms with Crippen molar-refractivity contribution < 1.29 is 18.7 Å². The van der Waals surface area contributed by atoms with E-state index in [0.717, 1.165) is 37.8 Å². The van der Waals surface area contributed by atoms with Gasteiger partial charge in [0.25, 0.3) is 0 Å². The molecule has 2 N–H and O–H groups in total. The van der Waals surface area contributed by atoms with Gasteiger partial charge in [0.2, 0.25) is 0 Å². The Morgan fingerprint density at radius 3 is 2.30 bits per heavy atom. The molecule has 1 aliphatic carbocycles. The summed E-state index contributed by atoms with van der Waals surface area (Å²) in [5, 5.41) is 15.4. The van der Waals surface area contributed by atoms with Crippen molar-refractivity contribution in [1.82, 2.24) is 0 Å². The molecule has 0 aromatic heterocycles. The second-order valence-electron chi connectivity index (χ2n) is 6.98. The Morgan fingerprint density at radius 2 is 1.74 bits per heavy atom. The van der Waals surface area contributed by atoms with Crippen LogP contribution in [-0.2, 0) is 0 Å². The highest BCUT2D eigenvalue weighted by molar-refractivity contribution is 5.95. The summed E-state index contributed by atoms with van der Waals surface area (Å²) in [5.41, 5.74) is 1.56. The van der Waals surface area contributed by atoms with Crippen molar-refractivity contribution in [3.05, 3.63) is 59.7 Å². The van der Waals surface area contributed by atoms with Crippen LogP contribution in [0.25, 0.3) is 0 Å². The first kappa shape index (κ1) is 19.1. The topological polar surface area (TPSA) is 53.8 Å². The van der Waals surface area contributed by atoms with Crippen molar-refractivity contribution in [1.29, 1.82) is 0 Å². The van der Waals surface area contributed by atoms with Crippen LogP contribution in [-0.4, -0.2) is 18.2 Å². The van der Waals surface area contributed by atoms with Gasteiger partial charge in [-0.3, -0.25) is 0 Å². The molecule has 1 saturated carbocycles. The van der Waals surface area contributed by atoms with Crippen LogP contribution in [0.15, 0.2) is 47.6 Å². The number of benzene rings is 2. The van der Waals surface area contributed by atoms with Gasteiger partial charge < -0.3 is 15.3 Å². The highest BCUT2D eigenvalue weighted by Gasteiger charge is 2.24. The van der Waals surface area contributed by atoms with E-state index in [9.17, 15) is 14.0 Å². The summed E-state index contributed by atoms with van der Waals surface area (Å²) < 4.78 is 32.3. The second kappa shape index (κ2) is 8.84. The van der Waals surface area contributed by atoms with Gasteiger partial charge in [-0.15, -0.1) is 0 Å². The fourth-order valence-corrected chi connectivity index (χ4v) is 3.81. The molecule has 2 aromatic carbocycles. The average Bonchev–Trinajstić information content (AvgIpc) is 2.68. The molecule has 0 amide bonds. The lowest BCUT2D eigenvalue weighted by Gasteiger charge is -2.29. The Morgan fingerprint density at radius 1 is 1.11 bits per heavy atom. The lowest BCUT2D eigenvalue weighted by atomic mass is 9.77. The summed E-state index contributed by atoms with van der Waals surface area (Å²) in [4.78, 5) is 0. The number of rotatable bonds is 5. The smallest absolute Gasteiger partial charge is 0.190 e. The summed E-state index contributed by atoms with van der Waals surface area (Å²) in [5.74, 6) is -0.795. The van der Waals surface area contributed by atoms with Crippen LogP contribution in [0.5, 0.6) is 5.75 Å². The lowest BCUT2D eigenvalue weighted by Crippen LogP contribution is -2.21. The minimum absolute atomic E-state index is 0.191. The number of anilines is 1. The fourth-order valence-electron chi connectivity index (χ4n) is 3.81. The summed E-state index contributed by atoms with van der Waals surface area (Å²) >= 11 is 0. The Kier molecular flexibility index (Phi) is 6.27. The van der Waals surface area contributed by atoms with E-state index in [2.05, 4.69) is 39.5 Å². The van der Waals surface area contributed by atoms with Gasteiger partial charge in [-0.1, -0.05) is 35.5 Å². The predicted octanol–water partition coefficient (Wildman–Crippen LogP) is 5.54. The number of amidine groups is 1. The van der Waals surface area contributed by atoms with Crippen LogP contribution in [0.1, 0.15) is 43.6 Å². The number of hydrogen-bond donors (Lipinski definition) is 2. The zero-order valence-electron chi connectivity index (χ0n) is 15.3. The van der Waals surface area contributed by atoms with E-state index < -0.39 is 17.4 Å². The quantitative estimate of drug-likeness (QED) is 0.313. The molecule has 6 heteroatoms. The zero-order valence-corrected chi connectivity index (χ0v) is 15.3. The maximum atomic E-state index is 13.8. The molecule has 1 fully saturated rings. The van der Waals surface area contributed by atoms with E-state index in [0.29, 0.717) is 24.1 Å². The number of nitrogens with one attached hydrogen (secondary N) is 1. The zero-order chi connectivity index (χ0) is 19.2. The molecule has 0 atom stereocenters. The molecule has 0 heterocycles. The van der Waals surface area contributed by atoms with E-state index in [-0.39, 0.29) is 5.69 Å². The summed E-state index contributed by atoms with van der Waals surface area (Å²) in [6, 6.07) is 12.7. The lowest BCUT2D eigenvalue weighted by molar-refractivity contribution is 0.306. The van der Waals surface area contributed by atoms with Crippen molar-refractivity contribution in [3.63, 3.8) is 0 Å². The van der Waals surface area contributed by atoms with Gasteiger partial charge in [0.05, 0.1) is 7.11 Å². The van der Waals surface area contributed by atoms with Gasteiger partial charge in [-0.05, 0) is 43.1 Å². The largest absolute Gasteiger partial charge is 0.491 e. The number of hydrogen-bond acceptors (Lipinski definition) is 3. The first-order chi connectivity index (χ1) is 13.1. The second-order valence-corrected chi connectivity index (χ2v) is 6.98. The maximum absolute atomic E-state index is 13.8. The van der Waals surface area contributed by atoms with Crippen LogP contribution < -0.4 is 10.1 Å². The van der Waals surface area contributed by atoms with E-state index >= 15 is 0 Å². The molecule has 0 aliphatic heterocycles. The summed E-state index contributed by atoms with van der Waals surface area (Å²) in [7, 11) is 1.21. The molecule has 1 aliphatic rings. The van der Waals surface area contributed by atoms with Gasteiger partial charge in [-0.25, -0.2) is 8.78 Å². The third-order valence-corrected chi connectivity index (χ3v) is 5.21. The Hall–Kier alpha value is -2.63. The Bertz CT molecular complexity index is 765. The van der Waals surface area contributed by atoms with Gasteiger partial charge in [0.15, 0.2) is 17.4 Å². The van der Waals surface area contributed by atoms with Crippen molar-refractivity contribution in [3.8, 4) is 5.75 Å². The molecule has 2 aromatic rings. The highest BCUT2D eigenvalue weighted by Crippen LogP contribution is 2.37. The van der Waals surface area contributed by atoms with Crippen molar-refractivity contribution in [2.75, 3.05) is 12.4 Å². The highest BCUT2D eigenvalue weighted by atomic mass is 19.1. The molecule has 144 valence electrons. The van der Waals surface area contributed by atoms with Gasteiger partial charge in [-0.2, -0.15) is 0 Å². The van der Waals surface area contributed by atoms with Gasteiger partial charge >= 0.3 is 0 Å². The number of halogens is 2. The summed E-state index contributed by atoms with van der Waals surface area (Å²) in [6.07, 6.45) is 4.74. The number of ether oxygens (including phenoxy) is 1. The molecule has 0 bridgehead atoms. The number of methoxy groups -OCH3 is 1. The van der Waals surface area contributed by atoms with E-state index in [4.69, 9.17) is 0 Å². The fraction of sp³-hybridized carbons (Fsp3) is 0.381. The first-order valence-electron chi connectivity index (χ1n) is 9.16. The van der Waals surface area contributed by atoms with Crippen LogP contribution in [0.4, 0.5) is 14.5 Å². The minimum Gasteiger partial charge on any atom is -0.491 e. The van der Waals surface area contributed by atoms with Gasteiger partial charge in [0.1, 0.15) is 5.84 Å².